The van der Waals surface area contributed by atoms with E-state index in [-0.39, 0.29) is 0 Å². The monoisotopic (exact) mass is 226 g/mol. The third-order valence-corrected chi connectivity index (χ3v) is 4.18. The van der Waals surface area contributed by atoms with Gasteiger partial charge in [-0.3, -0.25) is 4.90 Å². The molecule has 1 fully saturated rings. The van der Waals surface area contributed by atoms with Crippen molar-refractivity contribution in [1.29, 1.82) is 0 Å². The van der Waals surface area contributed by atoms with Crippen LogP contribution in [0.2, 0.25) is 0 Å². The standard InChI is InChI=1S/C14H30N2/c1-7-14(8-2)11-16(9-12(3)4)13(5,6)10-15-14/h12,15H,7-11H2,1-6H3. The zero-order chi connectivity index (χ0) is 12.4. The van der Waals surface area contributed by atoms with E-state index < -0.39 is 0 Å². The number of nitrogens with zero attached hydrogens (tertiary/aromatic N) is 1. The van der Waals surface area contributed by atoms with Crippen molar-refractivity contribution in [3.8, 4) is 0 Å². The van der Waals surface area contributed by atoms with Crippen molar-refractivity contribution < 1.29 is 0 Å². The number of hydrogen-bond acceptors (Lipinski definition) is 2. The first-order valence-corrected chi connectivity index (χ1v) is 6.85. The second kappa shape index (κ2) is 5.05. The predicted molar refractivity (Wildman–Crippen MR) is 71.8 cm³/mol. The molecule has 0 aromatic heterocycles. The van der Waals surface area contributed by atoms with Crippen LogP contribution in [0.3, 0.4) is 0 Å². The van der Waals surface area contributed by atoms with Gasteiger partial charge in [0.2, 0.25) is 0 Å². The molecule has 0 amide bonds. The van der Waals surface area contributed by atoms with Crippen LogP contribution in [0.4, 0.5) is 0 Å². The Labute approximate surface area is 102 Å². The molecule has 0 radical (unpaired) electrons. The van der Waals surface area contributed by atoms with Gasteiger partial charge in [0, 0.05) is 30.7 Å². The highest BCUT2D eigenvalue weighted by Gasteiger charge is 2.40. The molecule has 0 saturated carbocycles. The van der Waals surface area contributed by atoms with Gasteiger partial charge in [0.1, 0.15) is 0 Å². The van der Waals surface area contributed by atoms with Gasteiger partial charge in [0.15, 0.2) is 0 Å². The van der Waals surface area contributed by atoms with Gasteiger partial charge < -0.3 is 5.32 Å². The summed E-state index contributed by atoms with van der Waals surface area (Å²) in [5.41, 5.74) is 0.655. The van der Waals surface area contributed by atoms with E-state index in [1.807, 2.05) is 0 Å². The lowest BCUT2D eigenvalue weighted by Gasteiger charge is -2.52. The van der Waals surface area contributed by atoms with Crippen LogP contribution in [0.1, 0.15) is 54.4 Å². The van der Waals surface area contributed by atoms with Gasteiger partial charge in [-0.05, 0) is 32.6 Å². The van der Waals surface area contributed by atoms with E-state index >= 15 is 0 Å². The zero-order valence-electron chi connectivity index (χ0n) is 12.1. The summed E-state index contributed by atoms with van der Waals surface area (Å²) in [5.74, 6) is 0.754. The molecule has 16 heavy (non-hydrogen) atoms. The second-order valence-electron chi connectivity index (χ2n) is 6.43. The summed E-state index contributed by atoms with van der Waals surface area (Å²) in [5, 5.41) is 3.78. The molecular weight excluding hydrogens is 196 g/mol. The topological polar surface area (TPSA) is 15.3 Å². The molecule has 0 aromatic carbocycles. The Morgan fingerprint density at radius 3 is 2.19 bits per heavy atom. The minimum atomic E-state index is 0.304. The molecule has 0 bridgehead atoms. The van der Waals surface area contributed by atoms with Gasteiger partial charge in [0.05, 0.1) is 0 Å². The van der Waals surface area contributed by atoms with Crippen LogP contribution in [-0.2, 0) is 0 Å². The number of rotatable bonds is 4. The van der Waals surface area contributed by atoms with E-state index in [0.29, 0.717) is 11.1 Å². The van der Waals surface area contributed by atoms with Crippen LogP contribution < -0.4 is 5.32 Å². The molecule has 0 atom stereocenters. The Bertz CT molecular complexity index is 217. The van der Waals surface area contributed by atoms with Crippen molar-refractivity contribution in [3.05, 3.63) is 0 Å². The number of nitrogens with one attached hydrogen (secondary N) is 1. The lowest BCUT2D eigenvalue weighted by Crippen LogP contribution is -2.68. The average molecular weight is 226 g/mol. The van der Waals surface area contributed by atoms with E-state index in [2.05, 4.69) is 51.8 Å². The second-order valence-corrected chi connectivity index (χ2v) is 6.43. The van der Waals surface area contributed by atoms with Crippen LogP contribution in [-0.4, -0.2) is 35.6 Å². The van der Waals surface area contributed by atoms with E-state index in [4.69, 9.17) is 0 Å². The largest absolute Gasteiger partial charge is 0.308 e. The van der Waals surface area contributed by atoms with Gasteiger partial charge in [-0.1, -0.05) is 27.7 Å². The maximum atomic E-state index is 3.78. The molecule has 1 aliphatic rings. The molecule has 0 unspecified atom stereocenters. The first-order chi connectivity index (χ1) is 7.35. The van der Waals surface area contributed by atoms with Gasteiger partial charge in [-0.15, -0.1) is 0 Å². The Morgan fingerprint density at radius 1 is 1.19 bits per heavy atom. The van der Waals surface area contributed by atoms with E-state index in [1.54, 1.807) is 0 Å². The molecule has 1 N–H and O–H groups in total. The average Bonchev–Trinajstić information content (AvgIpc) is 2.21. The highest BCUT2D eigenvalue weighted by Crippen LogP contribution is 2.28. The van der Waals surface area contributed by atoms with E-state index in [9.17, 15) is 0 Å². The lowest BCUT2D eigenvalue weighted by atomic mass is 9.84. The third-order valence-electron chi connectivity index (χ3n) is 4.18. The Hall–Kier alpha value is -0.0800. The maximum absolute atomic E-state index is 3.78. The Kier molecular flexibility index (Phi) is 4.42. The van der Waals surface area contributed by atoms with Gasteiger partial charge >= 0.3 is 0 Å². The van der Waals surface area contributed by atoms with E-state index in [0.717, 1.165) is 12.5 Å². The molecule has 0 aromatic rings. The fourth-order valence-electron chi connectivity index (χ4n) is 2.63. The number of piperazine rings is 1. The van der Waals surface area contributed by atoms with Crippen LogP contribution >= 0.6 is 0 Å². The molecule has 1 heterocycles. The highest BCUT2D eigenvalue weighted by molar-refractivity contribution is 5.00. The quantitative estimate of drug-likeness (QED) is 0.793. The number of hydrogen-bond donors (Lipinski definition) is 1. The Balaban J connectivity index is 2.76. The van der Waals surface area contributed by atoms with Crippen LogP contribution in [0.25, 0.3) is 0 Å². The summed E-state index contributed by atoms with van der Waals surface area (Å²) >= 11 is 0. The minimum Gasteiger partial charge on any atom is -0.308 e. The van der Waals surface area contributed by atoms with E-state index in [1.165, 1.54) is 25.9 Å². The summed E-state index contributed by atoms with van der Waals surface area (Å²) in [7, 11) is 0. The molecule has 0 spiro atoms. The van der Waals surface area contributed by atoms with Gasteiger partial charge in [0.25, 0.3) is 0 Å². The summed E-state index contributed by atoms with van der Waals surface area (Å²) in [4.78, 5) is 2.68. The van der Waals surface area contributed by atoms with Gasteiger partial charge in [-0.2, -0.15) is 0 Å². The molecule has 1 rings (SSSR count). The smallest absolute Gasteiger partial charge is 0.0304 e. The zero-order valence-corrected chi connectivity index (χ0v) is 12.1. The molecule has 2 heteroatoms. The molecular formula is C14H30N2. The summed E-state index contributed by atoms with van der Waals surface area (Å²) in [6, 6.07) is 0. The highest BCUT2D eigenvalue weighted by atomic mass is 15.3. The van der Waals surface area contributed by atoms with Crippen molar-refractivity contribution in [2.45, 2.75) is 65.5 Å². The SMILES string of the molecule is CCC1(CC)CN(CC(C)C)C(C)(C)CN1. The lowest BCUT2D eigenvalue weighted by molar-refractivity contribution is 0.0144. The van der Waals surface area contributed by atoms with Crippen LogP contribution in [0.5, 0.6) is 0 Å². The summed E-state index contributed by atoms with van der Waals surface area (Å²) in [6.45, 7) is 17.5. The van der Waals surface area contributed by atoms with Crippen molar-refractivity contribution >= 4 is 0 Å². The van der Waals surface area contributed by atoms with Crippen LogP contribution in [0, 0.1) is 5.92 Å². The van der Waals surface area contributed by atoms with Crippen molar-refractivity contribution in [1.82, 2.24) is 10.2 Å². The maximum Gasteiger partial charge on any atom is 0.0304 e. The summed E-state index contributed by atoms with van der Waals surface area (Å²) < 4.78 is 0. The molecule has 0 aliphatic carbocycles. The Morgan fingerprint density at radius 2 is 1.75 bits per heavy atom. The van der Waals surface area contributed by atoms with Crippen molar-refractivity contribution in [3.63, 3.8) is 0 Å². The summed E-state index contributed by atoms with van der Waals surface area (Å²) in [6.07, 6.45) is 2.46. The first kappa shape index (κ1) is 14.0. The third kappa shape index (κ3) is 2.98. The predicted octanol–water partition coefficient (Wildman–Crippen LogP) is 2.89. The molecule has 1 aliphatic heterocycles. The normalized spacial score (nSPS) is 24.9. The minimum absolute atomic E-state index is 0.304. The molecule has 2 nitrogen and oxygen atoms in total. The van der Waals surface area contributed by atoms with Crippen molar-refractivity contribution in [2.75, 3.05) is 19.6 Å². The first-order valence-electron chi connectivity index (χ1n) is 6.85. The van der Waals surface area contributed by atoms with Crippen LogP contribution in [0.15, 0.2) is 0 Å². The fourth-order valence-corrected chi connectivity index (χ4v) is 2.63. The fraction of sp³-hybridized carbons (Fsp3) is 1.00. The van der Waals surface area contributed by atoms with Crippen molar-refractivity contribution in [2.24, 2.45) is 5.92 Å². The molecule has 96 valence electrons. The van der Waals surface area contributed by atoms with Gasteiger partial charge in [-0.25, -0.2) is 0 Å². The molecule has 1 saturated heterocycles.